The van der Waals surface area contributed by atoms with Crippen molar-refractivity contribution in [2.75, 3.05) is 0 Å². The zero-order valence-electron chi connectivity index (χ0n) is 12.4. The van der Waals surface area contributed by atoms with Gasteiger partial charge >= 0.3 is 5.97 Å². The standard InChI is InChI=1S/C16H19NO2S/c1-9-6-10(2)13(11(3)7-9)14-17-12(8-20-14)16(4,5)15(18)19/h6-8H,1-5H3,(H,18,19). The first-order valence-electron chi connectivity index (χ1n) is 6.51. The normalized spacial score (nSPS) is 11.7. The molecule has 1 aromatic heterocycles. The Morgan fingerprint density at radius 3 is 2.25 bits per heavy atom. The van der Waals surface area contributed by atoms with E-state index in [0.29, 0.717) is 5.69 Å². The van der Waals surface area contributed by atoms with E-state index < -0.39 is 11.4 Å². The fraction of sp³-hybridized carbons (Fsp3) is 0.375. The molecule has 2 aromatic rings. The van der Waals surface area contributed by atoms with Crippen LogP contribution in [0.5, 0.6) is 0 Å². The van der Waals surface area contributed by atoms with E-state index >= 15 is 0 Å². The van der Waals surface area contributed by atoms with E-state index in [1.54, 1.807) is 13.8 Å². The molecule has 0 unspecified atom stereocenters. The summed E-state index contributed by atoms with van der Waals surface area (Å²) < 4.78 is 0. The molecular weight excluding hydrogens is 270 g/mol. The van der Waals surface area contributed by atoms with Crippen LogP contribution in [0.2, 0.25) is 0 Å². The Morgan fingerprint density at radius 1 is 1.20 bits per heavy atom. The van der Waals surface area contributed by atoms with Crippen LogP contribution in [-0.4, -0.2) is 16.1 Å². The molecule has 1 heterocycles. The number of aliphatic carboxylic acids is 1. The minimum atomic E-state index is -0.957. The van der Waals surface area contributed by atoms with Gasteiger partial charge in [-0.1, -0.05) is 17.7 Å². The van der Waals surface area contributed by atoms with Crippen LogP contribution >= 0.6 is 11.3 Å². The summed E-state index contributed by atoms with van der Waals surface area (Å²) in [4.78, 5) is 15.9. The smallest absolute Gasteiger partial charge is 0.315 e. The zero-order chi connectivity index (χ0) is 15.1. The van der Waals surface area contributed by atoms with E-state index in [4.69, 9.17) is 0 Å². The minimum Gasteiger partial charge on any atom is -0.481 e. The molecule has 0 aliphatic carbocycles. The van der Waals surface area contributed by atoms with E-state index in [-0.39, 0.29) is 0 Å². The van der Waals surface area contributed by atoms with Gasteiger partial charge in [-0.05, 0) is 45.7 Å². The maximum absolute atomic E-state index is 11.3. The van der Waals surface area contributed by atoms with Crippen LogP contribution < -0.4 is 0 Å². The minimum absolute atomic E-state index is 0.615. The second-order valence-corrected chi connectivity index (χ2v) is 6.60. The number of carboxylic acids is 1. The Labute approximate surface area is 123 Å². The van der Waals surface area contributed by atoms with Crippen molar-refractivity contribution in [2.45, 2.75) is 40.0 Å². The fourth-order valence-electron chi connectivity index (χ4n) is 2.30. The maximum Gasteiger partial charge on any atom is 0.315 e. The topological polar surface area (TPSA) is 50.2 Å². The largest absolute Gasteiger partial charge is 0.481 e. The van der Waals surface area contributed by atoms with E-state index in [1.165, 1.54) is 28.0 Å². The highest BCUT2D eigenvalue weighted by molar-refractivity contribution is 7.13. The molecule has 106 valence electrons. The lowest BCUT2D eigenvalue weighted by Crippen LogP contribution is -2.28. The summed E-state index contributed by atoms with van der Waals surface area (Å²) in [5.41, 5.74) is 4.36. The second kappa shape index (κ2) is 5.02. The molecular formula is C16H19NO2S. The van der Waals surface area contributed by atoms with Gasteiger partial charge in [-0.25, -0.2) is 4.98 Å². The lowest BCUT2D eigenvalue weighted by atomic mass is 9.90. The maximum atomic E-state index is 11.3. The Hall–Kier alpha value is -1.68. The Balaban J connectivity index is 2.52. The number of nitrogens with zero attached hydrogens (tertiary/aromatic N) is 1. The van der Waals surface area contributed by atoms with Gasteiger partial charge in [0.05, 0.1) is 5.69 Å². The lowest BCUT2D eigenvalue weighted by Gasteiger charge is -2.16. The summed E-state index contributed by atoms with van der Waals surface area (Å²) in [6.07, 6.45) is 0. The van der Waals surface area contributed by atoms with Crippen molar-refractivity contribution in [1.29, 1.82) is 0 Å². The lowest BCUT2D eigenvalue weighted by molar-refractivity contribution is -0.142. The SMILES string of the molecule is Cc1cc(C)c(-c2nc(C(C)(C)C(=O)O)cs2)c(C)c1. The second-order valence-electron chi connectivity index (χ2n) is 5.74. The summed E-state index contributed by atoms with van der Waals surface area (Å²) in [6, 6.07) is 4.26. The number of carbonyl (C=O) groups is 1. The number of aryl methyl sites for hydroxylation is 3. The van der Waals surface area contributed by atoms with Crippen molar-refractivity contribution < 1.29 is 9.90 Å². The molecule has 0 radical (unpaired) electrons. The van der Waals surface area contributed by atoms with Crippen LogP contribution in [0.15, 0.2) is 17.5 Å². The van der Waals surface area contributed by atoms with Crippen molar-refractivity contribution in [1.82, 2.24) is 4.98 Å². The third-order valence-corrected chi connectivity index (χ3v) is 4.43. The molecule has 0 aliphatic rings. The molecule has 2 rings (SSSR count). The van der Waals surface area contributed by atoms with Crippen molar-refractivity contribution >= 4 is 17.3 Å². The number of thiazole rings is 1. The van der Waals surface area contributed by atoms with Crippen molar-refractivity contribution in [3.8, 4) is 10.6 Å². The number of benzene rings is 1. The molecule has 0 saturated heterocycles. The molecule has 3 nitrogen and oxygen atoms in total. The van der Waals surface area contributed by atoms with Gasteiger partial charge in [0, 0.05) is 10.9 Å². The number of rotatable bonds is 3. The van der Waals surface area contributed by atoms with Gasteiger partial charge in [-0.2, -0.15) is 0 Å². The van der Waals surface area contributed by atoms with E-state index in [0.717, 1.165) is 10.6 Å². The summed E-state index contributed by atoms with van der Waals surface area (Å²) in [6.45, 7) is 9.58. The molecule has 0 spiro atoms. The van der Waals surface area contributed by atoms with Gasteiger partial charge in [-0.15, -0.1) is 11.3 Å². The van der Waals surface area contributed by atoms with Crippen molar-refractivity contribution in [2.24, 2.45) is 0 Å². The molecule has 0 aliphatic heterocycles. The molecule has 0 saturated carbocycles. The Kier molecular flexibility index (Phi) is 3.69. The fourth-order valence-corrected chi connectivity index (χ4v) is 3.46. The predicted molar refractivity (Wildman–Crippen MR) is 82.4 cm³/mol. The molecule has 1 N–H and O–H groups in total. The third-order valence-electron chi connectivity index (χ3n) is 3.57. The van der Waals surface area contributed by atoms with Crippen LogP contribution in [0.3, 0.4) is 0 Å². The highest BCUT2D eigenvalue weighted by atomic mass is 32.1. The van der Waals surface area contributed by atoms with Crippen LogP contribution in [0, 0.1) is 20.8 Å². The number of carboxylic acid groups (broad SMARTS) is 1. The summed E-state index contributed by atoms with van der Waals surface area (Å²) >= 11 is 1.51. The summed E-state index contributed by atoms with van der Waals surface area (Å²) in [5, 5.41) is 12.0. The summed E-state index contributed by atoms with van der Waals surface area (Å²) in [5.74, 6) is -0.855. The summed E-state index contributed by atoms with van der Waals surface area (Å²) in [7, 11) is 0. The highest BCUT2D eigenvalue weighted by Gasteiger charge is 2.32. The Bertz CT molecular complexity index is 648. The molecule has 4 heteroatoms. The number of aromatic nitrogens is 1. The van der Waals surface area contributed by atoms with Crippen LogP contribution in [0.25, 0.3) is 10.6 Å². The average Bonchev–Trinajstić information content (AvgIpc) is 2.77. The van der Waals surface area contributed by atoms with Crippen molar-refractivity contribution in [3.05, 3.63) is 39.9 Å². The van der Waals surface area contributed by atoms with Crippen molar-refractivity contribution in [3.63, 3.8) is 0 Å². The van der Waals surface area contributed by atoms with Crippen LogP contribution in [0.4, 0.5) is 0 Å². The molecule has 0 atom stereocenters. The van der Waals surface area contributed by atoms with E-state index in [1.807, 2.05) is 5.38 Å². The average molecular weight is 289 g/mol. The van der Waals surface area contributed by atoms with Crippen LogP contribution in [0.1, 0.15) is 36.2 Å². The van der Waals surface area contributed by atoms with Gasteiger partial charge in [0.1, 0.15) is 10.4 Å². The number of hydrogen-bond donors (Lipinski definition) is 1. The third kappa shape index (κ3) is 2.48. The van der Waals surface area contributed by atoms with Gasteiger partial charge in [0.15, 0.2) is 0 Å². The quantitative estimate of drug-likeness (QED) is 0.925. The zero-order valence-corrected chi connectivity index (χ0v) is 13.3. The van der Waals surface area contributed by atoms with Gasteiger partial charge in [0.25, 0.3) is 0 Å². The molecule has 0 amide bonds. The first-order chi connectivity index (χ1) is 9.23. The first kappa shape index (κ1) is 14.7. The highest BCUT2D eigenvalue weighted by Crippen LogP contribution is 2.34. The monoisotopic (exact) mass is 289 g/mol. The van der Waals surface area contributed by atoms with Gasteiger partial charge < -0.3 is 5.11 Å². The van der Waals surface area contributed by atoms with Crippen LogP contribution in [-0.2, 0) is 10.2 Å². The van der Waals surface area contributed by atoms with E-state index in [9.17, 15) is 9.90 Å². The molecule has 1 aromatic carbocycles. The van der Waals surface area contributed by atoms with Gasteiger partial charge in [-0.3, -0.25) is 4.79 Å². The van der Waals surface area contributed by atoms with Gasteiger partial charge in [0.2, 0.25) is 0 Å². The molecule has 0 bridgehead atoms. The van der Waals surface area contributed by atoms with E-state index in [2.05, 4.69) is 37.9 Å². The molecule has 20 heavy (non-hydrogen) atoms. The first-order valence-corrected chi connectivity index (χ1v) is 7.39. The number of hydrogen-bond acceptors (Lipinski definition) is 3. The Morgan fingerprint density at radius 2 is 1.75 bits per heavy atom. The predicted octanol–water partition coefficient (Wildman–Crippen LogP) is 4.10. The molecule has 0 fully saturated rings.